The molecule has 0 aliphatic rings. The number of hydrogen-bond acceptors (Lipinski definition) is 3. The topological polar surface area (TPSA) is 49.7 Å². The lowest BCUT2D eigenvalue weighted by atomic mass is 9.99. The van der Waals surface area contributed by atoms with Gasteiger partial charge < -0.3 is 5.21 Å². The van der Waals surface area contributed by atoms with E-state index >= 15 is 0 Å². The molecular weight excluding hydrogens is 202 g/mol. The van der Waals surface area contributed by atoms with E-state index in [-0.39, 0.29) is 11.5 Å². The van der Waals surface area contributed by atoms with Gasteiger partial charge in [0, 0.05) is 12.5 Å². The summed E-state index contributed by atoms with van der Waals surface area (Å²) in [5.74, 6) is -0.251. The zero-order valence-electron chi connectivity index (χ0n) is 8.84. The van der Waals surface area contributed by atoms with Gasteiger partial charge in [0.2, 0.25) is 0 Å². The summed E-state index contributed by atoms with van der Waals surface area (Å²) in [5, 5.41) is 13.9. The average molecular weight is 213 g/mol. The molecule has 0 saturated carbocycles. The van der Waals surface area contributed by atoms with Gasteiger partial charge in [0.15, 0.2) is 11.5 Å². The Morgan fingerprint density at radius 1 is 1.12 bits per heavy atom. The van der Waals surface area contributed by atoms with Gasteiger partial charge in [-0.15, -0.1) is 0 Å². The lowest BCUT2D eigenvalue weighted by Gasteiger charge is -2.05. The third-order valence-corrected chi connectivity index (χ3v) is 2.48. The van der Waals surface area contributed by atoms with E-state index < -0.39 is 0 Å². The number of benzene rings is 2. The first-order valence-electron chi connectivity index (χ1n) is 4.95. The van der Waals surface area contributed by atoms with Crippen molar-refractivity contribution in [3.8, 4) is 0 Å². The number of hydrogen-bond donors (Lipinski definition) is 1. The third kappa shape index (κ3) is 1.67. The van der Waals surface area contributed by atoms with Gasteiger partial charge in [-0.2, -0.15) is 0 Å². The van der Waals surface area contributed by atoms with Gasteiger partial charge in [-0.05, 0) is 10.8 Å². The van der Waals surface area contributed by atoms with E-state index in [9.17, 15) is 4.79 Å². The number of Topliss-reactive ketones (excluding diaryl/α,β-unsaturated/α-hetero) is 1. The molecule has 0 unspecified atom stereocenters. The minimum atomic E-state index is -0.251. The van der Waals surface area contributed by atoms with Crippen molar-refractivity contribution < 1.29 is 10.0 Å². The molecule has 3 nitrogen and oxygen atoms in total. The van der Waals surface area contributed by atoms with E-state index in [0.717, 1.165) is 10.8 Å². The third-order valence-electron chi connectivity index (χ3n) is 2.48. The quantitative estimate of drug-likeness (QED) is 0.473. The Morgan fingerprint density at radius 3 is 2.50 bits per heavy atom. The molecule has 1 N–H and O–H groups in total. The van der Waals surface area contributed by atoms with Gasteiger partial charge in [-0.3, -0.25) is 4.79 Å². The minimum Gasteiger partial charge on any atom is -0.410 e. The summed E-state index contributed by atoms with van der Waals surface area (Å²) in [6.07, 6.45) is 0. The summed E-state index contributed by atoms with van der Waals surface area (Å²) >= 11 is 0. The SMILES string of the molecule is CC(=O)/C(=N\O)c1cccc2ccccc12. The highest BCUT2D eigenvalue weighted by atomic mass is 16.4. The molecule has 0 bridgehead atoms. The number of carbonyl (C=O) groups excluding carboxylic acids is 1. The van der Waals surface area contributed by atoms with E-state index in [2.05, 4.69) is 5.16 Å². The fourth-order valence-electron chi connectivity index (χ4n) is 1.75. The molecule has 0 atom stereocenters. The van der Waals surface area contributed by atoms with Crippen LogP contribution < -0.4 is 0 Å². The Kier molecular flexibility index (Phi) is 2.68. The second-order valence-electron chi connectivity index (χ2n) is 3.53. The van der Waals surface area contributed by atoms with Crippen LogP contribution in [0, 0.1) is 0 Å². The summed E-state index contributed by atoms with van der Waals surface area (Å²) in [7, 11) is 0. The van der Waals surface area contributed by atoms with Crippen LogP contribution in [0.25, 0.3) is 10.8 Å². The van der Waals surface area contributed by atoms with Gasteiger partial charge in [-0.25, -0.2) is 0 Å². The van der Waals surface area contributed by atoms with Crippen molar-refractivity contribution >= 4 is 22.3 Å². The van der Waals surface area contributed by atoms with E-state index in [1.54, 1.807) is 6.07 Å². The fourth-order valence-corrected chi connectivity index (χ4v) is 1.75. The number of fused-ring (bicyclic) bond motifs is 1. The number of rotatable bonds is 2. The smallest absolute Gasteiger partial charge is 0.182 e. The van der Waals surface area contributed by atoms with Crippen LogP contribution in [0.2, 0.25) is 0 Å². The van der Waals surface area contributed by atoms with Crippen molar-refractivity contribution in [2.45, 2.75) is 6.92 Å². The number of carbonyl (C=O) groups is 1. The standard InChI is InChI=1S/C13H11NO2/c1-9(15)13(14-16)12-8-4-6-10-5-2-3-7-11(10)12/h2-8,16H,1H3/b14-13+. The Morgan fingerprint density at radius 2 is 1.81 bits per heavy atom. The molecule has 80 valence electrons. The van der Waals surface area contributed by atoms with Crippen LogP contribution in [0.4, 0.5) is 0 Å². The van der Waals surface area contributed by atoms with Crippen molar-refractivity contribution in [3.05, 3.63) is 48.0 Å². The zero-order chi connectivity index (χ0) is 11.5. The van der Waals surface area contributed by atoms with Crippen LogP contribution in [0.5, 0.6) is 0 Å². The molecular formula is C13H11NO2. The van der Waals surface area contributed by atoms with Gasteiger partial charge in [0.1, 0.15) is 0 Å². The molecule has 2 rings (SSSR count). The van der Waals surface area contributed by atoms with Crippen molar-refractivity contribution in [2.24, 2.45) is 5.16 Å². The first-order chi connectivity index (χ1) is 7.74. The van der Waals surface area contributed by atoms with Crippen LogP contribution in [-0.4, -0.2) is 16.7 Å². The molecule has 0 aromatic heterocycles. The number of oxime groups is 1. The molecule has 3 heteroatoms. The van der Waals surface area contributed by atoms with Crippen LogP contribution >= 0.6 is 0 Å². The van der Waals surface area contributed by atoms with Crippen LogP contribution in [0.15, 0.2) is 47.6 Å². The Labute approximate surface area is 93.0 Å². The molecule has 0 aliphatic heterocycles. The largest absolute Gasteiger partial charge is 0.410 e. The summed E-state index contributed by atoms with van der Waals surface area (Å²) < 4.78 is 0. The van der Waals surface area contributed by atoms with Crippen molar-refractivity contribution in [1.29, 1.82) is 0 Å². The molecule has 2 aromatic rings. The van der Waals surface area contributed by atoms with E-state index in [1.165, 1.54) is 6.92 Å². The normalized spacial score (nSPS) is 11.7. The maximum atomic E-state index is 11.3. The van der Waals surface area contributed by atoms with Crippen molar-refractivity contribution in [3.63, 3.8) is 0 Å². The number of nitrogens with zero attached hydrogens (tertiary/aromatic N) is 1. The number of ketones is 1. The lowest BCUT2D eigenvalue weighted by molar-refractivity contribution is -0.111. The molecule has 2 aromatic carbocycles. The summed E-state index contributed by atoms with van der Waals surface area (Å²) in [5.41, 5.74) is 0.755. The van der Waals surface area contributed by atoms with Gasteiger partial charge in [0.25, 0.3) is 0 Å². The second-order valence-corrected chi connectivity index (χ2v) is 3.53. The minimum absolute atomic E-state index is 0.0943. The van der Waals surface area contributed by atoms with Crippen LogP contribution in [-0.2, 0) is 4.79 Å². The maximum Gasteiger partial charge on any atom is 0.182 e. The first-order valence-corrected chi connectivity index (χ1v) is 4.95. The van der Waals surface area contributed by atoms with Crippen LogP contribution in [0.3, 0.4) is 0 Å². The first kappa shape index (κ1) is 10.4. The predicted octanol–water partition coefficient (Wildman–Crippen LogP) is 2.61. The highest BCUT2D eigenvalue weighted by molar-refractivity contribution is 6.47. The van der Waals surface area contributed by atoms with E-state index in [4.69, 9.17) is 5.21 Å². The molecule has 16 heavy (non-hydrogen) atoms. The van der Waals surface area contributed by atoms with E-state index in [0.29, 0.717) is 5.56 Å². The molecule has 0 saturated heterocycles. The second kappa shape index (κ2) is 4.14. The lowest BCUT2D eigenvalue weighted by Crippen LogP contribution is -2.11. The Bertz CT molecular complexity index is 568. The Hall–Kier alpha value is -2.16. The zero-order valence-corrected chi connectivity index (χ0v) is 8.84. The van der Waals surface area contributed by atoms with Gasteiger partial charge in [-0.1, -0.05) is 47.6 Å². The summed E-state index contributed by atoms with van der Waals surface area (Å²) in [6, 6.07) is 13.2. The van der Waals surface area contributed by atoms with Gasteiger partial charge in [0.05, 0.1) is 0 Å². The summed E-state index contributed by atoms with van der Waals surface area (Å²) in [6.45, 7) is 1.39. The molecule has 0 aliphatic carbocycles. The Balaban J connectivity index is 2.74. The molecule has 0 amide bonds. The highest BCUT2D eigenvalue weighted by Gasteiger charge is 2.12. The van der Waals surface area contributed by atoms with Gasteiger partial charge >= 0.3 is 0 Å². The average Bonchev–Trinajstić information content (AvgIpc) is 2.30. The molecule has 0 fully saturated rings. The van der Waals surface area contributed by atoms with Crippen molar-refractivity contribution in [1.82, 2.24) is 0 Å². The van der Waals surface area contributed by atoms with Crippen molar-refractivity contribution in [2.75, 3.05) is 0 Å². The fraction of sp³-hybridized carbons (Fsp3) is 0.0769. The monoisotopic (exact) mass is 213 g/mol. The van der Waals surface area contributed by atoms with Crippen LogP contribution in [0.1, 0.15) is 12.5 Å². The molecule has 0 heterocycles. The summed E-state index contributed by atoms with van der Waals surface area (Å²) in [4.78, 5) is 11.3. The predicted molar refractivity (Wildman–Crippen MR) is 63.0 cm³/mol. The molecule has 0 radical (unpaired) electrons. The molecule has 0 spiro atoms. The maximum absolute atomic E-state index is 11.3. The van der Waals surface area contributed by atoms with E-state index in [1.807, 2.05) is 36.4 Å². The highest BCUT2D eigenvalue weighted by Crippen LogP contribution is 2.19.